The molecule has 5 heteroatoms. The van der Waals surface area contributed by atoms with Gasteiger partial charge in [-0.25, -0.2) is 4.98 Å². The van der Waals surface area contributed by atoms with Gasteiger partial charge in [0.05, 0.1) is 15.8 Å². The Hall–Kier alpha value is -1.62. The van der Waals surface area contributed by atoms with Crippen LogP contribution < -0.4 is 4.74 Å². The second kappa shape index (κ2) is 7.97. The first-order valence-electron chi connectivity index (χ1n) is 8.22. The average molecular weight is 361 g/mol. The molecule has 0 bridgehead atoms. The molecule has 1 heterocycles. The number of nitrogens with zero attached hydrogens (tertiary/aromatic N) is 2. The van der Waals surface area contributed by atoms with Gasteiger partial charge in [0.1, 0.15) is 17.4 Å². The fraction of sp³-hybridized carbons (Fsp3) is 0.316. The smallest absolute Gasteiger partial charge is 0.129 e. The van der Waals surface area contributed by atoms with Crippen molar-refractivity contribution >= 4 is 33.2 Å². The monoisotopic (exact) mass is 360 g/mol. The highest BCUT2D eigenvalue weighted by Gasteiger charge is 2.12. The minimum atomic E-state index is 0.676. The number of benzene rings is 2. The highest BCUT2D eigenvalue weighted by molar-refractivity contribution is 7.21. The van der Waals surface area contributed by atoms with Crippen molar-refractivity contribution in [2.45, 2.75) is 13.8 Å². The summed E-state index contributed by atoms with van der Waals surface area (Å²) in [5, 5.41) is 1.67. The molecule has 0 saturated heterocycles. The van der Waals surface area contributed by atoms with Crippen LogP contribution >= 0.6 is 22.9 Å². The lowest BCUT2D eigenvalue weighted by molar-refractivity contribution is 0.223. The first-order valence-corrected chi connectivity index (χ1v) is 9.41. The summed E-state index contributed by atoms with van der Waals surface area (Å²) in [7, 11) is 0. The van der Waals surface area contributed by atoms with Crippen LogP contribution in [-0.2, 0) is 0 Å². The predicted molar refractivity (Wildman–Crippen MR) is 103 cm³/mol. The van der Waals surface area contributed by atoms with E-state index >= 15 is 0 Å². The molecule has 0 saturated carbocycles. The molecule has 0 radical (unpaired) electrons. The molecule has 2 aromatic carbocycles. The van der Waals surface area contributed by atoms with Crippen molar-refractivity contribution in [3.05, 3.63) is 47.5 Å². The van der Waals surface area contributed by atoms with Gasteiger partial charge in [0.15, 0.2) is 0 Å². The maximum atomic E-state index is 6.07. The molecular formula is C19H21ClN2OS. The van der Waals surface area contributed by atoms with Crippen molar-refractivity contribution in [3.63, 3.8) is 0 Å². The summed E-state index contributed by atoms with van der Waals surface area (Å²) >= 11 is 7.73. The van der Waals surface area contributed by atoms with Gasteiger partial charge in [-0.2, -0.15) is 0 Å². The lowest BCUT2D eigenvalue weighted by Gasteiger charge is -2.18. The predicted octanol–water partition coefficient (Wildman–Crippen LogP) is 5.34. The molecule has 126 valence electrons. The van der Waals surface area contributed by atoms with E-state index in [9.17, 15) is 0 Å². The first kappa shape index (κ1) is 17.2. The van der Waals surface area contributed by atoms with Crippen LogP contribution in [0.1, 0.15) is 13.8 Å². The maximum absolute atomic E-state index is 6.07. The van der Waals surface area contributed by atoms with Crippen LogP contribution in [0.15, 0.2) is 42.5 Å². The van der Waals surface area contributed by atoms with E-state index in [1.807, 2.05) is 36.4 Å². The third kappa shape index (κ3) is 3.89. The number of hydrogen-bond donors (Lipinski definition) is 0. The molecule has 0 aliphatic carbocycles. The molecule has 0 aliphatic rings. The van der Waals surface area contributed by atoms with Gasteiger partial charge in [-0.15, -0.1) is 11.3 Å². The summed E-state index contributed by atoms with van der Waals surface area (Å²) in [6.45, 7) is 8.03. The van der Waals surface area contributed by atoms with Gasteiger partial charge in [0.25, 0.3) is 0 Å². The number of thiazole rings is 1. The molecule has 0 spiro atoms. The Bertz CT molecular complexity index is 814. The molecule has 1 aromatic heterocycles. The molecule has 0 atom stereocenters. The molecule has 24 heavy (non-hydrogen) atoms. The largest absolute Gasteiger partial charge is 0.492 e. The lowest BCUT2D eigenvalue weighted by Crippen LogP contribution is -2.27. The number of halogens is 1. The molecule has 3 aromatic rings. The summed E-state index contributed by atoms with van der Waals surface area (Å²) < 4.78 is 7.18. The summed E-state index contributed by atoms with van der Waals surface area (Å²) in [4.78, 5) is 7.07. The topological polar surface area (TPSA) is 25.4 Å². The SMILES string of the molecule is CCN(CC)CCOc1ccccc1-c1nc2cc(Cl)ccc2s1. The van der Waals surface area contributed by atoms with Gasteiger partial charge < -0.3 is 9.64 Å². The van der Waals surface area contributed by atoms with Gasteiger partial charge in [0, 0.05) is 11.6 Å². The van der Waals surface area contributed by atoms with E-state index in [0.29, 0.717) is 11.6 Å². The van der Waals surface area contributed by atoms with Crippen LogP contribution in [0.3, 0.4) is 0 Å². The zero-order chi connectivity index (χ0) is 16.9. The number of fused-ring (bicyclic) bond motifs is 1. The molecule has 0 N–H and O–H groups in total. The number of aromatic nitrogens is 1. The Kier molecular flexibility index (Phi) is 5.72. The maximum Gasteiger partial charge on any atom is 0.129 e. The molecule has 0 fully saturated rings. The van der Waals surface area contributed by atoms with Gasteiger partial charge in [-0.3, -0.25) is 0 Å². The van der Waals surface area contributed by atoms with Crippen LogP contribution in [0.25, 0.3) is 20.8 Å². The van der Waals surface area contributed by atoms with Gasteiger partial charge in [0.2, 0.25) is 0 Å². The quantitative estimate of drug-likeness (QED) is 0.568. The van der Waals surface area contributed by atoms with Crippen LogP contribution in [0.5, 0.6) is 5.75 Å². The van der Waals surface area contributed by atoms with Gasteiger partial charge >= 0.3 is 0 Å². The lowest BCUT2D eigenvalue weighted by atomic mass is 10.2. The van der Waals surface area contributed by atoms with Crippen molar-refractivity contribution in [3.8, 4) is 16.3 Å². The highest BCUT2D eigenvalue weighted by atomic mass is 35.5. The Morgan fingerprint density at radius 3 is 2.71 bits per heavy atom. The summed E-state index contributed by atoms with van der Waals surface area (Å²) in [5.74, 6) is 0.884. The van der Waals surface area contributed by atoms with E-state index in [4.69, 9.17) is 21.3 Å². The fourth-order valence-corrected chi connectivity index (χ4v) is 3.75. The van der Waals surface area contributed by atoms with Crippen LogP contribution in [-0.4, -0.2) is 36.1 Å². The Labute approximate surface area is 151 Å². The second-order valence-corrected chi connectivity index (χ2v) is 6.97. The Balaban J connectivity index is 1.82. The van der Waals surface area contributed by atoms with Crippen LogP contribution in [0.2, 0.25) is 5.02 Å². The highest BCUT2D eigenvalue weighted by Crippen LogP contribution is 2.36. The molecule has 0 aliphatic heterocycles. The molecule has 0 amide bonds. The summed E-state index contributed by atoms with van der Waals surface area (Å²) in [6.07, 6.45) is 0. The number of rotatable bonds is 7. The zero-order valence-electron chi connectivity index (χ0n) is 14.0. The number of ether oxygens (including phenoxy) is 1. The Morgan fingerprint density at radius 2 is 1.92 bits per heavy atom. The average Bonchev–Trinajstić information content (AvgIpc) is 3.02. The third-order valence-electron chi connectivity index (χ3n) is 4.03. The van der Waals surface area contributed by atoms with E-state index in [1.165, 1.54) is 0 Å². The van der Waals surface area contributed by atoms with Gasteiger partial charge in [-0.05, 0) is 43.4 Å². The van der Waals surface area contributed by atoms with E-state index < -0.39 is 0 Å². The van der Waals surface area contributed by atoms with Crippen LogP contribution in [0.4, 0.5) is 0 Å². The Morgan fingerprint density at radius 1 is 1.12 bits per heavy atom. The van der Waals surface area contributed by atoms with E-state index in [0.717, 1.165) is 46.2 Å². The first-order chi connectivity index (χ1) is 11.7. The normalized spacial score (nSPS) is 11.3. The van der Waals surface area contributed by atoms with Crippen molar-refractivity contribution in [2.24, 2.45) is 0 Å². The molecular weight excluding hydrogens is 340 g/mol. The van der Waals surface area contributed by atoms with Crippen molar-refractivity contribution < 1.29 is 4.74 Å². The van der Waals surface area contributed by atoms with E-state index in [2.05, 4.69) is 24.8 Å². The number of hydrogen-bond acceptors (Lipinski definition) is 4. The second-order valence-electron chi connectivity index (χ2n) is 5.50. The molecule has 3 nitrogen and oxygen atoms in total. The minimum Gasteiger partial charge on any atom is -0.492 e. The van der Waals surface area contributed by atoms with E-state index in [1.54, 1.807) is 11.3 Å². The van der Waals surface area contributed by atoms with Crippen molar-refractivity contribution in [2.75, 3.05) is 26.2 Å². The molecule has 0 unspecified atom stereocenters. The summed E-state index contributed by atoms with van der Waals surface area (Å²) in [6, 6.07) is 13.9. The molecule has 3 rings (SSSR count). The fourth-order valence-electron chi connectivity index (χ4n) is 2.61. The zero-order valence-corrected chi connectivity index (χ0v) is 15.5. The number of likely N-dealkylation sites (N-methyl/N-ethyl adjacent to an activating group) is 1. The number of para-hydroxylation sites is 1. The summed E-state index contributed by atoms with van der Waals surface area (Å²) in [5.41, 5.74) is 1.97. The standard InChI is InChI=1S/C19H21ClN2OS/c1-3-22(4-2)11-12-23-17-8-6-5-7-15(17)19-21-16-13-14(20)9-10-18(16)24-19/h5-10,13H,3-4,11-12H2,1-2H3. The van der Waals surface area contributed by atoms with E-state index in [-0.39, 0.29) is 0 Å². The van der Waals surface area contributed by atoms with Crippen molar-refractivity contribution in [1.29, 1.82) is 0 Å². The van der Waals surface area contributed by atoms with Gasteiger partial charge in [-0.1, -0.05) is 37.6 Å². The van der Waals surface area contributed by atoms with Crippen molar-refractivity contribution in [1.82, 2.24) is 9.88 Å². The third-order valence-corrected chi connectivity index (χ3v) is 5.33. The van der Waals surface area contributed by atoms with Crippen LogP contribution in [0, 0.1) is 0 Å². The minimum absolute atomic E-state index is 0.676.